The first kappa shape index (κ1) is 12.4. The van der Waals surface area contributed by atoms with Gasteiger partial charge >= 0.3 is 0 Å². The Bertz CT molecular complexity index is 376. The Labute approximate surface area is 103 Å². The number of para-hydroxylation sites is 1. The minimum absolute atomic E-state index is 0.0267. The molecule has 94 valence electrons. The van der Waals surface area contributed by atoms with Crippen molar-refractivity contribution in [2.45, 2.75) is 18.8 Å². The molecule has 0 radical (unpaired) electrons. The number of rotatable bonds is 5. The Morgan fingerprint density at radius 1 is 1.41 bits per heavy atom. The zero-order valence-corrected chi connectivity index (χ0v) is 10.6. The molecule has 1 unspecified atom stereocenters. The molecule has 0 bridgehead atoms. The summed E-state index contributed by atoms with van der Waals surface area (Å²) in [7, 11) is 1.71. The highest BCUT2D eigenvalue weighted by Gasteiger charge is 2.33. The molecule has 3 heteroatoms. The molecule has 1 aromatic carbocycles. The van der Waals surface area contributed by atoms with Gasteiger partial charge in [-0.3, -0.25) is 0 Å². The van der Waals surface area contributed by atoms with Gasteiger partial charge in [-0.2, -0.15) is 0 Å². The summed E-state index contributed by atoms with van der Waals surface area (Å²) in [6, 6.07) is 8.15. The zero-order valence-electron chi connectivity index (χ0n) is 10.6. The monoisotopic (exact) mass is 235 g/mol. The largest absolute Gasteiger partial charge is 0.496 e. The van der Waals surface area contributed by atoms with Crippen LogP contribution in [0, 0.1) is 5.92 Å². The van der Waals surface area contributed by atoms with E-state index in [-0.39, 0.29) is 5.41 Å². The van der Waals surface area contributed by atoms with Gasteiger partial charge in [0.15, 0.2) is 0 Å². The van der Waals surface area contributed by atoms with E-state index in [1.165, 1.54) is 5.56 Å². The Morgan fingerprint density at radius 2 is 2.12 bits per heavy atom. The topological polar surface area (TPSA) is 44.5 Å². The molecular weight excluding hydrogens is 214 g/mol. The van der Waals surface area contributed by atoms with E-state index in [9.17, 15) is 0 Å². The normalized spacial score (nSPS) is 19.5. The van der Waals surface area contributed by atoms with Crippen LogP contribution in [0.4, 0.5) is 0 Å². The molecule has 1 aliphatic heterocycles. The molecule has 1 aromatic rings. The lowest BCUT2D eigenvalue weighted by molar-refractivity contribution is -0.0442. The van der Waals surface area contributed by atoms with Crippen molar-refractivity contribution in [3.8, 4) is 5.75 Å². The van der Waals surface area contributed by atoms with Gasteiger partial charge in [-0.15, -0.1) is 0 Å². The molecule has 0 amide bonds. The number of ether oxygens (including phenoxy) is 2. The van der Waals surface area contributed by atoms with E-state index in [2.05, 4.69) is 13.0 Å². The van der Waals surface area contributed by atoms with Crippen LogP contribution in [0.15, 0.2) is 24.3 Å². The maximum atomic E-state index is 5.99. The predicted octanol–water partition coefficient (Wildman–Crippen LogP) is 1.95. The second kappa shape index (κ2) is 5.07. The van der Waals surface area contributed by atoms with Gasteiger partial charge in [0.05, 0.1) is 20.3 Å². The fraction of sp³-hybridized carbons (Fsp3) is 0.571. The molecule has 3 nitrogen and oxygen atoms in total. The number of methoxy groups -OCH3 is 1. The Hall–Kier alpha value is -1.06. The summed E-state index contributed by atoms with van der Waals surface area (Å²) in [5.41, 5.74) is 7.17. The fourth-order valence-corrected chi connectivity index (χ4v) is 2.49. The highest BCUT2D eigenvalue weighted by Crippen LogP contribution is 2.37. The van der Waals surface area contributed by atoms with Crippen LogP contribution in [0.1, 0.15) is 18.9 Å². The molecule has 1 aliphatic rings. The molecule has 0 spiro atoms. The summed E-state index contributed by atoms with van der Waals surface area (Å²) in [5.74, 6) is 1.56. The summed E-state index contributed by atoms with van der Waals surface area (Å²) in [5, 5.41) is 0. The van der Waals surface area contributed by atoms with Crippen LogP contribution < -0.4 is 10.5 Å². The van der Waals surface area contributed by atoms with Crippen molar-refractivity contribution in [3.05, 3.63) is 29.8 Å². The molecule has 1 saturated heterocycles. The highest BCUT2D eigenvalue weighted by atomic mass is 16.5. The van der Waals surface area contributed by atoms with Gasteiger partial charge in [0.1, 0.15) is 5.75 Å². The van der Waals surface area contributed by atoms with E-state index < -0.39 is 0 Å². The average molecular weight is 235 g/mol. The second-order valence-corrected chi connectivity index (χ2v) is 5.07. The maximum absolute atomic E-state index is 5.99. The van der Waals surface area contributed by atoms with Crippen LogP contribution >= 0.6 is 0 Å². The molecular formula is C14H21NO2. The molecule has 17 heavy (non-hydrogen) atoms. The Balaban J connectivity index is 2.25. The van der Waals surface area contributed by atoms with Crippen LogP contribution in [0.2, 0.25) is 0 Å². The van der Waals surface area contributed by atoms with Crippen molar-refractivity contribution in [1.29, 1.82) is 0 Å². The van der Waals surface area contributed by atoms with Crippen LogP contribution in [-0.2, 0) is 10.2 Å². The van der Waals surface area contributed by atoms with E-state index in [1.54, 1.807) is 7.11 Å². The lowest BCUT2D eigenvalue weighted by Gasteiger charge is -2.37. The summed E-state index contributed by atoms with van der Waals surface area (Å²) in [4.78, 5) is 0. The summed E-state index contributed by atoms with van der Waals surface area (Å²) < 4.78 is 10.7. The summed E-state index contributed by atoms with van der Waals surface area (Å²) in [6.07, 6.45) is 1.06. The predicted molar refractivity (Wildman–Crippen MR) is 68.3 cm³/mol. The lowest BCUT2D eigenvalue weighted by atomic mass is 9.74. The van der Waals surface area contributed by atoms with Crippen LogP contribution in [0.25, 0.3) is 0 Å². The molecule has 0 aromatic heterocycles. The van der Waals surface area contributed by atoms with E-state index in [0.29, 0.717) is 12.5 Å². The summed E-state index contributed by atoms with van der Waals surface area (Å²) >= 11 is 0. The van der Waals surface area contributed by atoms with Gasteiger partial charge in [0, 0.05) is 23.4 Å². The Kier molecular flexibility index (Phi) is 3.69. The smallest absolute Gasteiger partial charge is 0.122 e. The van der Waals surface area contributed by atoms with E-state index >= 15 is 0 Å². The van der Waals surface area contributed by atoms with Crippen molar-refractivity contribution < 1.29 is 9.47 Å². The standard InChI is InChI=1S/C14H21NO2/c1-14(10-15,7-11-8-17-9-11)12-5-3-4-6-13(12)16-2/h3-6,11H,7-10,15H2,1-2H3. The SMILES string of the molecule is COc1ccccc1C(C)(CN)CC1COC1. The maximum Gasteiger partial charge on any atom is 0.122 e. The van der Waals surface area contributed by atoms with Gasteiger partial charge in [-0.25, -0.2) is 0 Å². The molecule has 0 saturated carbocycles. The minimum Gasteiger partial charge on any atom is -0.496 e. The number of hydrogen-bond acceptors (Lipinski definition) is 3. The Morgan fingerprint density at radius 3 is 2.65 bits per heavy atom. The van der Waals surface area contributed by atoms with E-state index in [0.717, 1.165) is 25.4 Å². The summed E-state index contributed by atoms with van der Waals surface area (Å²) in [6.45, 7) is 4.57. The van der Waals surface area contributed by atoms with Crippen molar-refractivity contribution in [2.75, 3.05) is 26.9 Å². The molecule has 1 fully saturated rings. The molecule has 1 heterocycles. The van der Waals surface area contributed by atoms with Crippen molar-refractivity contribution in [2.24, 2.45) is 11.7 Å². The quantitative estimate of drug-likeness (QED) is 0.848. The highest BCUT2D eigenvalue weighted by molar-refractivity contribution is 5.39. The zero-order chi connectivity index (χ0) is 12.3. The van der Waals surface area contributed by atoms with Crippen LogP contribution in [0.3, 0.4) is 0 Å². The van der Waals surface area contributed by atoms with Gasteiger partial charge < -0.3 is 15.2 Å². The van der Waals surface area contributed by atoms with Gasteiger partial charge in [-0.1, -0.05) is 25.1 Å². The fourth-order valence-electron chi connectivity index (χ4n) is 2.49. The van der Waals surface area contributed by atoms with Crippen molar-refractivity contribution in [1.82, 2.24) is 0 Å². The molecule has 2 rings (SSSR count). The van der Waals surface area contributed by atoms with E-state index in [1.807, 2.05) is 18.2 Å². The lowest BCUT2D eigenvalue weighted by Crippen LogP contribution is -2.40. The van der Waals surface area contributed by atoms with Gasteiger partial charge in [0.2, 0.25) is 0 Å². The molecule has 0 aliphatic carbocycles. The molecule has 2 N–H and O–H groups in total. The number of benzene rings is 1. The third kappa shape index (κ3) is 2.45. The van der Waals surface area contributed by atoms with Crippen LogP contribution in [-0.4, -0.2) is 26.9 Å². The molecule has 1 atom stereocenters. The van der Waals surface area contributed by atoms with Crippen LogP contribution in [0.5, 0.6) is 5.75 Å². The second-order valence-electron chi connectivity index (χ2n) is 5.07. The number of nitrogens with two attached hydrogens (primary N) is 1. The first-order chi connectivity index (χ1) is 8.19. The minimum atomic E-state index is -0.0267. The van der Waals surface area contributed by atoms with Crippen molar-refractivity contribution >= 4 is 0 Å². The van der Waals surface area contributed by atoms with E-state index in [4.69, 9.17) is 15.2 Å². The first-order valence-corrected chi connectivity index (χ1v) is 6.11. The third-order valence-electron chi connectivity index (χ3n) is 3.65. The third-order valence-corrected chi connectivity index (χ3v) is 3.65. The number of hydrogen-bond donors (Lipinski definition) is 1. The van der Waals surface area contributed by atoms with Crippen molar-refractivity contribution in [3.63, 3.8) is 0 Å². The average Bonchev–Trinajstić information content (AvgIpc) is 2.33. The first-order valence-electron chi connectivity index (χ1n) is 6.11. The van der Waals surface area contributed by atoms with Gasteiger partial charge in [0.25, 0.3) is 0 Å². The van der Waals surface area contributed by atoms with Gasteiger partial charge in [-0.05, 0) is 12.5 Å².